The molecular formula is C24H17Cl2N3O5. The van der Waals surface area contributed by atoms with Gasteiger partial charge in [0, 0.05) is 33.4 Å². The molecule has 0 saturated heterocycles. The lowest BCUT2D eigenvalue weighted by Gasteiger charge is -2.16. The summed E-state index contributed by atoms with van der Waals surface area (Å²) in [5, 5.41) is 24.4. The topological polar surface area (TPSA) is 122 Å². The number of aryl methyl sites for hydroxylation is 1. The lowest BCUT2D eigenvalue weighted by atomic mass is 9.91. The molecule has 0 aromatic heterocycles. The van der Waals surface area contributed by atoms with Gasteiger partial charge < -0.3 is 10.1 Å². The number of esters is 1. The Labute approximate surface area is 204 Å². The van der Waals surface area contributed by atoms with E-state index in [0.717, 1.165) is 19.2 Å². The second-order valence-electron chi connectivity index (χ2n) is 7.27. The first-order valence-electron chi connectivity index (χ1n) is 9.79. The maximum absolute atomic E-state index is 12.9. The molecule has 8 nitrogen and oxygen atoms in total. The Morgan fingerprint density at radius 3 is 2.32 bits per heavy atom. The van der Waals surface area contributed by atoms with Crippen molar-refractivity contribution in [3.05, 3.63) is 103 Å². The van der Waals surface area contributed by atoms with Crippen LogP contribution in [0.2, 0.25) is 10.0 Å². The minimum atomic E-state index is -0.814. The number of benzene rings is 3. The minimum absolute atomic E-state index is 0.106. The zero-order chi connectivity index (χ0) is 25.0. The molecule has 10 heteroatoms. The molecule has 34 heavy (non-hydrogen) atoms. The summed E-state index contributed by atoms with van der Waals surface area (Å²) in [5.74, 6) is -2.16. The van der Waals surface area contributed by atoms with Crippen LogP contribution in [0.25, 0.3) is 0 Å². The van der Waals surface area contributed by atoms with Crippen LogP contribution in [0.1, 0.15) is 43.3 Å². The van der Waals surface area contributed by atoms with Crippen LogP contribution < -0.4 is 5.32 Å². The van der Waals surface area contributed by atoms with E-state index in [4.69, 9.17) is 23.2 Å². The predicted molar refractivity (Wildman–Crippen MR) is 127 cm³/mol. The Morgan fingerprint density at radius 2 is 1.74 bits per heavy atom. The van der Waals surface area contributed by atoms with E-state index in [0.29, 0.717) is 27.4 Å². The van der Waals surface area contributed by atoms with Gasteiger partial charge in [-0.3, -0.25) is 14.9 Å². The summed E-state index contributed by atoms with van der Waals surface area (Å²) < 4.78 is 4.60. The van der Waals surface area contributed by atoms with Crippen molar-refractivity contribution in [2.24, 2.45) is 0 Å². The number of nitro groups is 1. The zero-order valence-electron chi connectivity index (χ0n) is 18.0. The van der Waals surface area contributed by atoms with E-state index in [1.807, 2.05) is 0 Å². The largest absolute Gasteiger partial charge is 0.465 e. The molecule has 0 spiro atoms. The second-order valence-corrected chi connectivity index (χ2v) is 8.12. The molecule has 3 rings (SSSR count). The first-order valence-corrected chi connectivity index (χ1v) is 10.5. The number of nitro benzene ring substituents is 1. The molecule has 0 fully saturated rings. The van der Waals surface area contributed by atoms with Gasteiger partial charge in [0.2, 0.25) is 0 Å². The fourth-order valence-electron chi connectivity index (χ4n) is 3.32. The van der Waals surface area contributed by atoms with E-state index in [2.05, 4.69) is 16.1 Å². The van der Waals surface area contributed by atoms with E-state index in [1.54, 1.807) is 37.3 Å². The quantitative estimate of drug-likeness (QED) is 0.256. The van der Waals surface area contributed by atoms with Crippen molar-refractivity contribution in [3.8, 4) is 6.07 Å². The van der Waals surface area contributed by atoms with Gasteiger partial charge in [-0.15, -0.1) is 0 Å². The standard InChI is InChI=1S/C24H17Cl2N3O5/c1-13-7-19(20(12-27)14-3-5-17(25)6-4-14)21(26)11-22(13)28-23(30)15-8-16(24(31)34-2)10-18(9-15)29(32)33/h3-11,20H,1-2H3,(H,28,30). The van der Waals surface area contributed by atoms with Crippen molar-refractivity contribution in [1.82, 2.24) is 0 Å². The Kier molecular flexibility index (Phi) is 7.51. The van der Waals surface area contributed by atoms with Gasteiger partial charge in [0.15, 0.2) is 0 Å². The highest BCUT2D eigenvalue weighted by atomic mass is 35.5. The first-order chi connectivity index (χ1) is 16.1. The summed E-state index contributed by atoms with van der Waals surface area (Å²) >= 11 is 12.4. The molecule has 3 aromatic carbocycles. The summed E-state index contributed by atoms with van der Waals surface area (Å²) in [6, 6.07) is 15.5. The average molecular weight is 498 g/mol. The number of rotatable bonds is 6. The van der Waals surface area contributed by atoms with E-state index >= 15 is 0 Å². The molecule has 0 saturated carbocycles. The predicted octanol–water partition coefficient (Wildman–Crippen LogP) is 5.90. The number of non-ortho nitro benzene ring substituents is 1. The van der Waals surface area contributed by atoms with E-state index in [-0.39, 0.29) is 16.1 Å². The van der Waals surface area contributed by atoms with Crippen LogP contribution in [0, 0.1) is 28.4 Å². The van der Waals surface area contributed by atoms with Crippen molar-refractivity contribution < 1.29 is 19.2 Å². The molecule has 0 radical (unpaired) electrons. The van der Waals surface area contributed by atoms with Gasteiger partial charge in [0.25, 0.3) is 11.6 Å². The van der Waals surface area contributed by atoms with Gasteiger partial charge in [-0.25, -0.2) is 4.79 Å². The number of nitrogens with one attached hydrogen (secondary N) is 1. The number of hydrogen-bond donors (Lipinski definition) is 1. The lowest BCUT2D eigenvalue weighted by molar-refractivity contribution is -0.384. The van der Waals surface area contributed by atoms with Crippen LogP contribution in [0.5, 0.6) is 0 Å². The Hall–Kier alpha value is -3.93. The van der Waals surface area contributed by atoms with Crippen LogP contribution in [-0.2, 0) is 4.74 Å². The molecule has 1 N–H and O–H groups in total. The van der Waals surface area contributed by atoms with Crippen molar-refractivity contribution >= 4 is 46.5 Å². The van der Waals surface area contributed by atoms with E-state index in [9.17, 15) is 25.0 Å². The average Bonchev–Trinajstić information content (AvgIpc) is 2.82. The Bertz CT molecular complexity index is 1330. The van der Waals surface area contributed by atoms with Crippen LogP contribution in [-0.4, -0.2) is 23.9 Å². The molecule has 172 valence electrons. The fourth-order valence-corrected chi connectivity index (χ4v) is 3.72. The third kappa shape index (κ3) is 5.34. The van der Waals surface area contributed by atoms with Gasteiger partial charge in [-0.05, 0) is 47.9 Å². The highest BCUT2D eigenvalue weighted by molar-refractivity contribution is 6.32. The molecule has 0 aliphatic heterocycles. The fraction of sp³-hybridized carbons (Fsp3) is 0.125. The van der Waals surface area contributed by atoms with Gasteiger partial charge in [0.05, 0.1) is 29.6 Å². The Morgan fingerprint density at radius 1 is 1.09 bits per heavy atom. The van der Waals surface area contributed by atoms with Crippen molar-refractivity contribution in [1.29, 1.82) is 5.26 Å². The number of anilines is 1. The van der Waals surface area contributed by atoms with Crippen molar-refractivity contribution in [3.63, 3.8) is 0 Å². The minimum Gasteiger partial charge on any atom is -0.465 e. The van der Waals surface area contributed by atoms with Gasteiger partial charge in [-0.1, -0.05) is 41.4 Å². The lowest BCUT2D eigenvalue weighted by Crippen LogP contribution is -2.15. The number of nitrogens with zero attached hydrogens (tertiary/aromatic N) is 2. The summed E-state index contributed by atoms with van der Waals surface area (Å²) in [6.45, 7) is 1.72. The van der Waals surface area contributed by atoms with Crippen molar-refractivity contribution in [2.45, 2.75) is 12.8 Å². The SMILES string of the molecule is COC(=O)c1cc(C(=O)Nc2cc(Cl)c(C(C#N)c3ccc(Cl)cc3)cc2C)cc([N+](=O)[O-])c1. The number of methoxy groups -OCH3 is 1. The molecule has 1 amide bonds. The summed E-state index contributed by atoms with van der Waals surface area (Å²) in [4.78, 5) is 35.2. The second kappa shape index (κ2) is 10.3. The molecule has 1 unspecified atom stereocenters. The number of nitriles is 1. The maximum Gasteiger partial charge on any atom is 0.338 e. The van der Waals surface area contributed by atoms with Gasteiger partial charge in [-0.2, -0.15) is 5.26 Å². The molecule has 0 aliphatic carbocycles. The maximum atomic E-state index is 12.9. The number of hydrogen-bond acceptors (Lipinski definition) is 6. The molecule has 0 heterocycles. The monoisotopic (exact) mass is 497 g/mol. The van der Waals surface area contributed by atoms with Gasteiger partial charge >= 0.3 is 5.97 Å². The van der Waals surface area contributed by atoms with Crippen LogP contribution in [0.4, 0.5) is 11.4 Å². The number of amides is 1. The molecule has 0 aliphatic rings. The first kappa shape index (κ1) is 24.7. The van der Waals surface area contributed by atoms with E-state index < -0.39 is 28.4 Å². The zero-order valence-corrected chi connectivity index (χ0v) is 19.5. The normalized spacial score (nSPS) is 11.3. The third-order valence-corrected chi connectivity index (χ3v) is 5.63. The number of ether oxygens (including phenoxy) is 1. The highest BCUT2D eigenvalue weighted by Crippen LogP contribution is 2.34. The number of halogens is 2. The smallest absolute Gasteiger partial charge is 0.338 e. The van der Waals surface area contributed by atoms with Crippen LogP contribution >= 0.6 is 23.2 Å². The summed E-state index contributed by atoms with van der Waals surface area (Å²) in [7, 11) is 1.13. The van der Waals surface area contributed by atoms with E-state index in [1.165, 1.54) is 12.1 Å². The number of carbonyl (C=O) groups excluding carboxylic acids is 2. The molecule has 3 aromatic rings. The molecule has 1 atom stereocenters. The molecule has 0 bridgehead atoms. The van der Waals surface area contributed by atoms with Gasteiger partial charge in [0.1, 0.15) is 0 Å². The number of carbonyl (C=O) groups is 2. The highest BCUT2D eigenvalue weighted by Gasteiger charge is 2.21. The van der Waals surface area contributed by atoms with Crippen LogP contribution in [0.3, 0.4) is 0 Å². The van der Waals surface area contributed by atoms with Crippen LogP contribution in [0.15, 0.2) is 54.6 Å². The van der Waals surface area contributed by atoms with Crippen molar-refractivity contribution in [2.75, 3.05) is 12.4 Å². The third-order valence-electron chi connectivity index (χ3n) is 5.05. The molecular weight excluding hydrogens is 481 g/mol. The summed E-state index contributed by atoms with van der Waals surface area (Å²) in [5.41, 5.74) is 1.54. The summed E-state index contributed by atoms with van der Waals surface area (Å²) in [6.07, 6.45) is 0. The Balaban J connectivity index is 1.94.